The van der Waals surface area contributed by atoms with Crippen LogP contribution in [0.4, 0.5) is 10.1 Å². The van der Waals surface area contributed by atoms with E-state index in [2.05, 4.69) is 10.6 Å². The van der Waals surface area contributed by atoms with Gasteiger partial charge in [-0.05, 0) is 30.3 Å². The van der Waals surface area contributed by atoms with Crippen molar-refractivity contribution >= 4 is 23.4 Å². The van der Waals surface area contributed by atoms with Crippen molar-refractivity contribution in [2.24, 2.45) is 0 Å². The Bertz CT molecular complexity index is 1110. The highest BCUT2D eigenvalue weighted by Gasteiger charge is 2.51. The SMILES string of the molecule is COCCOc1ccc(F)c(CNc2cccc3c2CN(C2(O)CCC(=O)NC2=O)C3=O)c1. The zero-order valence-electron chi connectivity index (χ0n) is 18.0. The van der Waals surface area contributed by atoms with E-state index in [1.165, 1.54) is 12.1 Å². The first kappa shape index (κ1) is 22.7. The van der Waals surface area contributed by atoms with Gasteiger partial charge in [0, 0.05) is 48.9 Å². The minimum atomic E-state index is -2.11. The number of amides is 3. The van der Waals surface area contributed by atoms with E-state index in [-0.39, 0.29) is 25.9 Å². The Morgan fingerprint density at radius 2 is 2.03 bits per heavy atom. The van der Waals surface area contributed by atoms with Gasteiger partial charge < -0.3 is 19.9 Å². The first-order valence-corrected chi connectivity index (χ1v) is 10.5. The van der Waals surface area contributed by atoms with Crippen LogP contribution >= 0.6 is 0 Å². The van der Waals surface area contributed by atoms with Crippen molar-refractivity contribution in [3.63, 3.8) is 0 Å². The molecule has 33 heavy (non-hydrogen) atoms. The number of imide groups is 1. The van der Waals surface area contributed by atoms with Crippen LogP contribution in [0.1, 0.15) is 34.3 Å². The Balaban J connectivity index is 1.51. The predicted octanol–water partition coefficient (Wildman–Crippen LogP) is 1.54. The number of halogens is 1. The molecule has 2 aliphatic rings. The summed E-state index contributed by atoms with van der Waals surface area (Å²) in [6.07, 6.45) is -0.253. The number of hydrogen-bond donors (Lipinski definition) is 3. The molecule has 0 aromatic heterocycles. The van der Waals surface area contributed by atoms with E-state index in [0.29, 0.717) is 41.3 Å². The van der Waals surface area contributed by atoms with Gasteiger partial charge in [0.25, 0.3) is 11.8 Å². The number of carbonyl (C=O) groups excluding carboxylic acids is 3. The Labute approximate surface area is 189 Å². The van der Waals surface area contributed by atoms with Crippen molar-refractivity contribution in [1.82, 2.24) is 10.2 Å². The highest BCUT2D eigenvalue weighted by atomic mass is 19.1. The zero-order chi connectivity index (χ0) is 23.6. The summed E-state index contributed by atoms with van der Waals surface area (Å²) in [5.74, 6) is -1.83. The molecule has 1 fully saturated rings. The molecule has 0 aliphatic carbocycles. The lowest BCUT2D eigenvalue weighted by Gasteiger charge is -2.37. The molecule has 1 saturated heterocycles. The quantitative estimate of drug-likeness (QED) is 0.407. The van der Waals surface area contributed by atoms with Gasteiger partial charge in [-0.15, -0.1) is 0 Å². The Hall–Kier alpha value is -3.50. The molecule has 0 spiro atoms. The maximum Gasteiger partial charge on any atom is 0.279 e. The van der Waals surface area contributed by atoms with Gasteiger partial charge >= 0.3 is 0 Å². The number of nitrogens with one attached hydrogen (secondary N) is 2. The van der Waals surface area contributed by atoms with Gasteiger partial charge in [0.2, 0.25) is 11.6 Å². The lowest BCUT2D eigenvalue weighted by Crippen LogP contribution is -2.63. The molecular weight excluding hydrogens is 433 g/mol. The highest BCUT2D eigenvalue weighted by Crippen LogP contribution is 2.36. The van der Waals surface area contributed by atoms with Gasteiger partial charge in [-0.1, -0.05) is 6.07 Å². The molecule has 2 aromatic rings. The summed E-state index contributed by atoms with van der Waals surface area (Å²) in [6.45, 7) is 0.834. The van der Waals surface area contributed by atoms with Crippen molar-refractivity contribution in [2.45, 2.75) is 31.7 Å². The van der Waals surface area contributed by atoms with Crippen LogP contribution in [0.15, 0.2) is 36.4 Å². The summed E-state index contributed by atoms with van der Waals surface area (Å²) in [6, 6.07) is 9.44. The molecule has 174 valence electrons. The van der Waals surface area contributed by atoms with E-state index in [4.69, 9.17) is 9.47 Å². The van der Waals surface area contributed by atoms with Crippen LogP contribution in [0, 0.1) is 5.82 Å². The number of aliphatic hydroxyl groups is 1. The first-order valence-electron chi connectivity index (χ1n) is 10.5. The Kier molecular flexibility index (Phi) is 6.30. The smallest absolute Gasteiger partial charge is 0.279 e. The summed E-state index contributed by atoms with van der Waals surface area (Å²) in [5, 5.41) is 16.1. The number of fused-ring (bicyclic) bond motifs is 1. The topological polar surface area (TPSA) is 117 Å². The summed E-state index contributed by atoms with van der Waals surface area (Å²) in [5.41, 5.74) is -0.262. The Morgan fingerprint density at radius 1 is 1.21 bits per heavy atom. The van der Waals surface area contributed by atoms with Gasteiger partial charge in [0.15, 0.2) is 0 Å². The standard InChI is InChI=1S/C23H24FN3O6/c1-32-9-10-33-15-5-6-18(24)14(11-15)12-25-19-4-2-3-16-17(19)13-27(21(16)29)23(31)8-7-20(28)26-22(23)30/h2-6,11,25,31H,7-10,12-13H2,1H3,(H,26,28,30). The average Bonchev–Trinajstić information content (AvgIpc) is 3.15. The van der Waals surface area contributed by atoms with Crippen molar-refractivity contribution in [1.29, 1.82) is 0 Å². The third-order valence-corrected chi connectivity index (χ3v) is 5.77. The van der Waals surface area contributed by atoms with E-state index in [1.54, 1.807) is 31.4 Å². The number of nitrogens with zero attached hydrogens (tertiary/aromatic N) is 1. The van der Waals surface area contributed by atoms with Crippen molar-refractivity contribution < 1.29 is 33.4 Å². The van der Waals surface area contributed by atoms with E-state index >= 15 is 0 Å². The number of anilines is 1. The molecule has 2 heterocycles. The molecule has 4 rings (SSSR count). The van der Waals surface area contributed by atoms with Crippen molar-refractivity contribution in [3.05, 3.63) is 58.9 Å². The van der Waals surface area contributed by atoms with Crippen LogP contribution in [0.5, 0.6) is 5.75 Å². The highest BCUT2D eigenvalue weighted by molar-refractivity contribution is 6.07. The minimum absolute atomic E-state index is 0.0297. The number of ether oxygens (including phenoxy) is 2. The second-order valence-electron chi connectivity index (χ2n) is 7.86. The van der Waals surface area contributed by atoms with Gasteiger partial charge in [0.05, 0.1) is 13.2 Å². The maximum atomic E-state index is 14.3. The maximum absolute atomic E-state index is 14.3. The zero-order valence-corrected chi connectivity index (χ0v) is 18.0. The van der Waals surface area contributed by atoms with Gasteiger partial charge in [0.1, 0.15) is 18.2 Å². The normalized spacial score (nSPS) is 20.0. The molecule has 1 unspecified atom stereocenters. The molecule has 3 amide bonds. The molecule has 1 atom stereocenters. The van der Waals surface area contributed by atoms with Crippen molar-refractivity contribution in [3.8, 4) is 5.75 Å². The monoisotopic (exact) mass is 457 g/mol. The van der Waals surface area contributed by atoms with E-state index in [9.17, 15) is 23.9 Å². The van der Waals surface area contributed by atoms with E-state index in [1.807, 2.05) is 0 Å². The molecule has 9 nitrogen and oxygen atoms in total. The number of benzene rings is 2. The van der Waals surface area contributed by atoms with Gasteiger partial charge in [-0.25, -0.2) is 4.39 Å². The fraction of sp³-hybridized carbons (Fsp3) is 0.348. The molecule has 3 N–H and O–H groups in total. The predicted molar refractivity (Wildman–Crippen MR) is 115 cm³/mol. The molecule has 0 saturated carbocycles. The summed E-state index contributed by atoms with van der Waals surface area (Å²) < 4.78 is 24.8. The lowest BCUT2D eigenvalue weighted by atomic mass is 10.00. The third-order valence-electron chi connectivity index (χ3n) is 5.77. The molecule has 0 radical (unpaired) electrons. The lowest BCUT2D eigenvalue weighted by molar-refractivity contribution is -0.167. The van der Waals surface area contributed by atoms with Crippen molar-refractivity contribution in [2.75, 3.05) is 25.6 Å². The largest absolute Gasteiger partial charge is 0.491 e. The average molecular weight is 457 g/mol. The minimum Gasteiger partial charge on any atom is -0.491 e. The van der Waals surface area contributed by atoms with E-state index in [0.717, 1.165) is 4.90 Å². The Morgan fingerprint density at radius 3 is 2.79 bits per heavy atom. The number of methoxy groups -OCH3 is 1. The number of carbonyl (C=O) groups is 3. The van der Waals surface area contributed by atoms with Gasteiger partial charge in [-0.2, -0.15) is 0 Å². The van der Waals surface area contributed by atoms with E-state index < -0.39 is 29.3 Å². The summed E-state index contributed by atoms with van der Waals surface area (Å²) >= 11 is 0. The molecule has 2 aromatic carbocycles. The second-order valence-corrected chi connectivity index (χ2v) is 7.86. The van der Waals surface area contributed by atoms with Crippen LogP contribution in [0.25, 0.3) is 0 Å². The number of rotatable bonds is 8. The fourth-order valence-corrected chi connectivity index (χ4v) is 3.96. The molecular formula is C23H24FN3O6. The van der Waals surface area contributed by atoms with Crippen LogP contribution in [-0.4, -0.2) is 53.8 Å². The molecule has 10 heteroatoms. The third kappa shape index (κ3) is 4.39. The van der Waals surface area contributed by atoms with Crippen LogP contribution in [-0.2, 0) is 27.4 Å². The summed E-state index contributed by atoms with van der Waals surface area (Å²) in [4.78, 5) is 37.8. The number of piperidine rings is 1. The van der Waals surface area contributed by atoms with Crippen LogP contribution in [0.3, 0.4) is 0 Å². The van der Waals surface area contributed by atoms with Crippen LogP contribution in [0.2, 0.25) is 0 Å². The number of hydrogen-bond acceptors (Lipinski definition) is 7. The second kappa shape index (κ2) is 9.16. The molecule has 2 aliphatic heterocycles. The van der Waals surface area contributed by atoms with Gasteiger partial charge in [-0.3, -0.25) is 24.6 Å². The summed E-state index contributed by atoms with van der Waals surface area (Å²) in [7, 11) is 1.56. The molecule has 0 bridgehead atoms. The van der Waals surface area contributed by atoms with Crippen LogP contribution < -0.4 is 15.4 Å². The first-order chi connectivity index (χ1) is 15.8. The fourth-order valence-electron chi connectivity index (χ4n) is 3.96.